The molecule has 2 rings (SSSR count). The summed E-state index contributed by atoms with van der Waals surface area (Å²) in [5.74, 6) is 0. The Hall–Kier alpha value is -1.60. The summed E-state index contributed by atoms with van der Waals surface area (Å²) >= 11 is 0. The Bertz CT molecular complexity index is 393. The molecule has 0 amide bonds. The number of likely N-dealkylation sites (N-methyl/N-ethyl adjacent to an activating group) is 1. The van der Waals surface area contributed by atoms with Gasteiger partial charge in [-0.1, -0.05) is 0 Å². The molecule has 0 bridgehead atoms. The summed E-state index contributed by atoms with van der Waals surface area (Å²) < 4.78 is 5.58. The summed E-state index contributed by atoms with van der Waals surface area (Å²) in [5, 5.41) is 8.77. The van der Waals surface area contributed by atoms with Crippen molar-refractivity contribution in [3.63, 3.8) is 0 Å². The summed E-state index contributed by atoms with van der Waals surface area (Å²) in [4.78, 5) is 6.06. The molecular formula is C12H15N3O. The zero-order chi connectivity index (χ0) is 11.4. The largest absolute Gasteiger partial charge is 0.376 e. The van der Waals surface area contributed by atoms with Gasteiger partial charge in [0.1, 0.15) is 11.8 Å². The summed E-state index contributed by atoms with van der Waals surface area (Å²) in [7, 11) is 2.01. The van der Waals surface area contributed by atoms with E-state index in [0.717, 1.165) is 31.7 Å². The standard InChI is InChI=1S/C12H15N3O/c1-15(9-12-3-2-6-16-12)11-4-5-14-10(7-11)8-13/h4-5,7,12H,2-3,6,9H2,1H3. The van der Waals surface area contributed by atoms with E-state index in [2.05, 4.69) is 9.88 Å². The molecule has 0 aromatic carbocycles. The fraction of sp³-hybridized carbons (Fsp3) is 0.500. The van der Waals surface area contributed by atoms with Crippen molar-refractivity contribution < 1.29 is 4.74 Å². The Morgan fingerprint density at radius 3 is 3.25 bits per heavy atom. The van der Waals surface area contributed by atoms with Crippen LogP contribution in [-0.4, -0.2) is 31.3 Å². The lowest BCUT2D eigenvalue weighted by atomic mass is 10.2. The van der Waals surface area contributed by atoms with Crippen molar-refractivity contribution in [3.8, 4) is 6.07 Å². The molecule has 0 aliphatic carbocycles. The molecule has 0 radical (unpaired) electrons. The average Bonchev–Trinajstić information content (AvgIpc) is 2.82. The summed E-state index contributed by atoms with van der Waals surface area (Å²) in [6, 6.07) is 5.76. The van der Waals surface area contributed by atoms with Gasteiger partial charge in [-0.3, -0.25) is 0 Å². The number of hydrogen-bond donors (Lipinski definition) is 0. The lowest BCUT2D eigenvalue weighted by Crippen LogP contribution is -2.28. The fourth-order valence-electron chi connectivity index (χ4n) is 1.92. The minimum absolute atomic E-state index is 0.323. The SMILES string of the molecule is CN(CC1CCCO1)c1ccnc(C#N)c1. The van der Waals surface area contributed by atoms with E-state index in [0.29, 0.717) is 11.8 Å². The van der Waals surface area contributed by atoms with Gasteiger partial charge in [0.25, 0.3) is 0 Å². The number of ether oxygens (including phenoxy) is 1. The third-order valence-corrected chi connectivity index (χ3v) is 2.80. The van der Waals surface area contributed by atoms with E-state index < -0.39 is 0 Å². The third-order valence-electron chi connectivity index (χ3n) is 2.80. The van der Waals surface area contributed by atoms with E-state index in [1.54, 1.807) is 12.3 Å². The van der Waals surface area contributed by atoms with Crippen LogP contribution in [0.3, 0.4) is 0 Å². The lowest BCUT2D eigenvalue weighted by Gasteiger charge is -2.22. The van der Waals surface area contributed by atoms with Crippen LogP contribution in [0.1, 0.15) is 18.5 Å². The van der Waals surface area contributed by atoms with Crippen LogP contribution in [0, 0.1) is 11.3 Å². The van der Waals surface area contributed by atoms with Crippen molar-refractivity contribution in [2.45, 2.75) is 18.9 Å². The Labute approximate surface area is 95.5 Å². The molecule has 0 saturated carbocycles. The Morgan fingerprint density at radius 2 is 2.56 bits per heavy atom. The lowest BCUT2D eigenvalue weighted by molar-refractivity contribution is 0.116. The van der Waals surface area contributed by atoms with E-state index in [-0.39, 0.29) is 0 Å². The molecule has 1 aliphatic heterocycles. The molecule has 1 fully saturated rings. The number of hydrogen-bond acceptors (Lipinski definition) is 4. The van der Waals surface area contributed by atoms with Crippen molar-refractivity contribution in [3.05, 3.63) is 24.0 Å². The number of nitrogens with zero attached hydrogens (tertiary/aromatic N) is 3. The van der Waals surface area contributed by atoms with Gasteiger partial charge in [0.15, 0.2) is 0 Å². The smallest absolute Gasteiger partial charge is 0.142 e. The number of rotatable bonds is 3. The van der Waals surface area contributed by atoms with E-state index in [1.165, 1.54) is 0 Å². The van der Waals surface area contributed by atoms with Gasteiger partial charge in [-0.2, -0.15) is 5.26 Å². The maximum Gasteiger partial charge on any atom is 0.142 e. The summed E-state index contributed by atoms with van der Waals surface area (Å²) in [6.45, 7) is 1.74. The van der Waals surface area contributed by atoms with Crippen LogP contribution >= 0.6 is 0 Å². The third kappa shape index (κ3) is 2.50. The second kappa shape index (κ2) is 4.95. The minimum atomic E-state index is 0.323. The second-order valence-corrected chi connectivity index (χ2v) is 4.03. The highest BCUT2D eigenvalue weighted by molar-refractivity contribution is 5.48. The maximum absolute atomic E-state index is 8.77. The van der Waals surface area contributed by atoms with Gasteiger partial charge in [0.2, 0.25) is 0 Å². The fourth-order valence-corrected chi connectivity index (χ4v) is 1.92. The van der Waals surface area contributed by atoms with Crippen molar-refractivity contribution in [1.82, 2.24) is 4.98 Å². The molecule has 2 heterocycles. The summed E-state index contributed by atoms with van der Waals surface area (Å²) in [5.41, 5.74) is 1.47. The van der Waals surface area contributed by atoms with Crippen LogP contribution in [0.15, 0.2) is 18.3 Å². The highest BCUT2D eigenvalue weighted by atomic mass is 16.5. The molecule has 1 atom stereocenters. The highest BCUT2D eigenvalue weighted by Gasteiger charge is 2.17. The molecule has 1 aromatic rings. The van der Waals surface area contributed by atoms with Crippen molar-refractivity contribution in [1.29, 1.82) is 5.26 Å². The van der Waals surface area contributed by atoms with Gasteiger partial charge in [-0.05, 0) is 25.0 Å². The maximum atomic E-state index is 8.77. The van der Waals surface area contributed by atoms with Crippen LogP contribution in [-0.2, 0) is 4.74 Å². The zero-order valence-electron chi connectivity index (χ0n) is 9.39. The molecule has 4 heteroatoms. The Kier molecular flexibility index (Phi) is 3.37. The Morgan fingerprint density at radius 1 is 1.69 bits per heavy atom. The van der Waals surface area contributed by atoms with Crippen LogP contribution < -0.4 is 4.90 Å². The van der Waals surface area contributed by atoms with Crippen molar-refractivity contribution in [2.75, 3.05) is 25.1 Å². The van der Waals surface area contributed by atoms with Gasteiger partial charge < -0.3 is 9.64 Å². The van der Waals surface area contributed by atoms with E-state index in [9.17, 15) is 0 Å². The van der Waals surface area contributed by atoms with Crippen LogP contribution in [0.4, 0.5) is 5.69 Å². The molecule has 4 nitrogen and oxygen atoms in total. The van der Waals surface area contributed by atoms with E-state index >= 15 is 0 Å². The van der Waals surface area contributed by atoms with Gasteiger partial charge >= 0.3 is 0 Å². The van der Waals surface area contributed by atoms with Crippen LogP contribution in [0.25, 0.3) is 0 Å². The average molecular weight is 217 g/mol. The monoisotopic (exact) mass is 217 g/mol. The van der Waals surface area contributed by atoms with Crippen molar-refractivity contribution >= 4 is 5.69 Å². The number of pyridine rings is 1. The highest BCUT2D eigenvalue weighted by Crippen LogP contribution is 2.17. The first-order valence-electron chi connectivity index (χ1n) is 5.48. The van der Waals surface area contributed by atoms with Gasteiger partial charge in [0.05, 0.1) is 6.10 Å². The first-order chi connectivity index (χ1) is 7.79. The number of aromatic nitrogens is 1. The number of anilines is 1. The van der Waals surface area contributed by atoms with Gasteiger partial charge in [-0.15, -0.1) is 0 Å². The molecular weight excluding hydrogens is 202 g/mol. The first kappa shape index (κ1) is 10.9. The summed E-state index contributed by atoms with van der Waals surface area (Å²) in [6.07, 6.45) is 4.27. The van der Waals surface area contributed by atoms with Crippen LogP contribution in [0.5, 0.6) is 0 Å². The predicted octanol–water partition coefficient (Wildman–Crippen LogP) is 1.57. The minimum Gasteiger partial charge on any atom is -0.376 e. The zero-order valence-corrected chi connectivity index (χ0v) is 9.39. The quantitative estimate of drug-likeness (QED) is 0.771. The molecule has 84 valence electrons. The van der Waals surface area contributed by atoms with E-state index in [4.69, 9.17) is 10.00 Å². The molecule has 1 saturated heterocycles. The van der Waals surface area contributed by atoms with Gasteiger partial charge in [0, 0.05) is 32.1 Å². The normalized spacial score (nSPS) is 19.4. The van der Waals surface area contributed by atoms with Gasteiger partial charge in [-0.25, -0.2) is 4.98 Å². The number of nitriles is 1. The molecule has 0 N–H and O–H groups in total. The molecule has 16 heavy (non-hydrogen) atoms. The second-order valence-electron chi connectivity index (χ2n) is 4.03. The molecule has 1 aliphatic rings. The van der Waals surface area contributed by atoms with E-state index in [1.807, 2.05) is 19.2 Å². The molecule has 1 unspecified atom stereocenters. The first-order valence-corrected chi connectivity index (χ1v) is 5.48. The van der Waals surface area contributed by atoms with Crippen molar-refractivity contribution in [2.24, 2.45) is 0 Å². The molecule has 1 aromatic heterocycles. The predicted molar refractivity (Wildman–Crippen MR) is 61.2 cm³/mol. The molecule has 0 spiro atoms. The van der Waals surface area contributed by atoms with Crippen LogP contribution in [0.2, 0.25) is 0 Å². The Balaban J connectivity index is 2.02. The topological polar surface area (TPSA) is 49.1 Å².